The predicted molar refractivity (Wildman–Crippen MR) is 45.4 cm³/mol. The van der Waals surface area contributed by atoms with Gasteiger partial charge in [-0.3, -0.25) is 9.59 Å². The SMILES string of the molecule is NCC(=O)O.O=C(O)[C@H]1CCCN1. The quantitative estimate of drug-likeness (QED) is 0.437. The number of carboxylic acid groups (broad SMARTS) is 2. The van der Waals surface area contributed by atoms with Crippen molar-refractivity contribution in [3.05, 3.63) is 0 Å². The number of carboxylic acids is 2. The van der Waals surface area contributed by atoms with E-state index in [-0.39, 0.29) is 12.6 Å². The van der Waals surface area contributed by atoms with Crippen molar-refractivity contribution in [3.63, 3.8) is 0 Å². The fraction of sp³-hybridized carbons (Fsp3) is 0.714. The van der Waals surface area contributed by atoms with E-state index in [1.807, 2.05) is 0 Å². The topological polar surface area (TPSA) is 113 Å². The van der Waals surface area contributed by atoms with Crippen LogP contribution in [-0.4, -0.2) is 41.3 Å². The molecule has 0 aliphatic carbocycles. The molecule has 1 fully saturated rings. The minimum absolute atomic E-state index is 0.269. The van der Waals surface area contributed by atoms with Gasteiger partial charge in [-0.05, 0) is 19.4 Å². The van der Waals surface area contributed by atoms with Gasteiger partial charge < -0.3 is 21.3 Å². The van der Waals surface area contributed by atoms with Gasteiger partial charge in [-0.2, -0.15) is 0 Å². The van der Waals surface area contributed by atoms with Crippen molar-refractivity contribution in [2.45, 2.75) is 18.9 Å². The molecule has 13 heavy (non-hydrogen) atoms. The van der Waals surface area contributed by atoms with Gasteiger partial charge in [0.1, 0.15) is 6.04 Å². The lowest BCUT2D eigenvalue weighted by molar-refractivity contribution is -0.139. The Kier molecular flexibility index (Phi) is 5.82. The van der Waals surface area contributed by atoms with Crippen LogP contribution in [0, 0.1) is 0 Å². The van der Waals surface area contributed by atoms with E-state index in [1.165, 1.54) is 0 Å². The molecule has 0 aromatic heterocycles. The largest absolute Gasteiger partial charge is 0.480 e. The van der Waals surface area contributed by atoms with E-state index in [9.17, 15) is 9.59 Å². The van der Waals surface area contributed by atoms with E-state index in [1.54, 1.807) is 0 Å². The number of hydrogen-bond donors (Lipinski definition) is 4. The van der Waals surface area contributed by atoms with E-state index in [0.29, 0.717) is 0 Å². The van der Waals surface area contributed by atoms with Gasteiger partial charge in [0.15, 0.2) is 0 Å². The van der Waals surface area contributed by atoms with Crippen LogP contribution in [0.15, 0.2) is 0 Å². The Labute approximate surface area is 75.7 Å². The molecular weight excluding hydrogens is 176 g/mol. The second kappa shape index (κ2) is 6.38. The zero-order valence-corrected chi connectivity index (χ0v) is 7.19. The fourth-order valence-corrected chi connectivity index (χ4v) is 0.895. The van der Waals surface area contributed by atoms with Crippen LogP contribution < -0.4 is 11.1 Å². The first-order chi connectivity index (χ1) is 6.07. The predicted octanol–water partition coefficient (Wildman–Crippen LogP) is -1.15. The lowest BCUT2D eigenvalue weighted by Crippen LogP contribution is -2.29. The number of rotatable bonds is 2. The van der Waals surface area contributed by atoms with Crippen LogP contribution in [0.3, 0.4) is 0 Å². The summed E-state index contributed by atoms with van der Waals surface area (Å²) < 4.78 is 0. The zero-order chi connectivity index (χ0) is 10.3. The van der Waals surface area contributed by atoms with E-state index in [0.717, 1.165) is 19.4 Å². The number of carbonyl (C=O) groups is 2. The normalized spacial score (nSPS) is 20.2. The van der Waals surface area contributed by atoms with E-state index in [2.05, 4.69) is 11.1 Å². The maximum Gasteiger partial charge on any atom is 0.320 e. The summed E-state index contributed by atoms with van der Waals surface area (Å²) >= 11 is 0. The first-order valence-corrected chi connectivity index (χ1v) is 3.96. The highest BCUT2D eigenvalue weighted by Gasteiger charge is 2.20. The van der Waals surface area contributed by atoms with Crippen molar-refractivity contribution in [2.75, 3.05) is 13.1 Å². The highest BCUT2D eigenvalue weighted by Crippen LogP contribution is 2.03. The van der Waals surface area contributed by atoms with Crippen molar-refractivity contribution in [1.29, 1.82) is 0 Å². The summed E-state index contributed by atoms with van der Waals surface area (Å²) in [5, 5.41) is 18.8. The summed E-state index contributed by atoms with van der Waals surface area (Å²) in [5.74, 6) is -1.69. The van der Waals surface area contributed by atoms with Gasteiger partial charge in [0.25, 0.3) is 0 Å². The molecule has 1 heterocycles. The van der Waals surface area contributed by atoms with Gasteiger partial charge in [-0.25, -0.2) is 0 Å². The second-order valence-corrected chi connectivity index (χ2v) is 2.59. The highest BCUT2D eigenvalue weighted by molar-refractivity contribution is 5.73. The molecule has 0 unspecified atom stereocenters. The van der Waals surface area contributed by atoms with Crippen LogP contribution in [0.2, 0.25) is 0 Å². The van der Waals surface area contributed by atoms with E-state index < -0.39 is 11.9 Å². The van der Waals surface area contributed by atoms with Crippen molar-refractivity contribution in [2.24, 2.45) is 5.73 Å². The molecule has 6 nitrogen and oxygen atoms in total. The van der Waals surface area contributed by atoms with Crippen molar-refractivity contribution >= 4 is 11.9 Å². The van der Waals surface area contributed by atoms with Gasteiger partial charge in [-0.1, -0.05) is 0 Å². The third kappa shape index (κ3) is 6.06. The molecule has 0 aromatic rings. The zero-order valence-electron chi connectivity index (χ0n) is 7.19. The van der Waals surface area contributed by atoms with E-state index >= 15 is 0 Å². The monoisotopic (exact) mass is 190 g/mol. The minimum atomic E-state index is -0.968. The molecule has 76 valence electrons. The Morgan fingerprint density at radius 2 is 2.00 bits per heavy atom. The molecule has 1 aliphatic rings. The van der Waals surface area contributed by atoms with Crippen molar-refractivity contribution in [1.82, 2.24) is 5.32 Å². The fourth-order valence-electron chi connectivity index (χ4n) is 0.895. The number of hydrogen-bond acceptors (Lipinski definition) is 4. The Hall–Kier alpha value is -1.14. The van der Waals surface area contributed by atoms with E-state index in [4.69, 9.17) is 10.2 Å². The molecule has 1 rings (SSSR count). The van der Waals surface area contributed by atoms with Crippen LogP contribution in [0.4, 0.5) is 0 Å². The molecule has 5 N–H and O–H groups in total. The molecule has 0 saturated carbocycles. The van der Waals surface area contributed by atoms with Gasteiger partial charge in [0.05, 0.1) is 6.54 Å². The van der Waals surface area contributed by atoms with Crippen LogP contribution in [-0.2, 0) is 9.59 Å². The Bertz CT molecular complexity index is 177. The number of aliphatic carboxylic acids is 2. The maximum absolute atomic E-state index is 10.1. The molecule has 0 spiro atoms. The summed E-state index contributed by atoms with van der Waals surface area (Å²) in [5.41, 5.74) is 4.57. The van der Waals surface area contributed by atoms with Gasteiger partial charge in [0, 0.05) is 0 Å². The molecule has 0 amide bonds. The molecular formula is C7H14N2O4. The van der Waals surface area contributed by atoms with Gasteiger partial charge in [0.2, 0.25) is 0 Å². The number of nitrogens with one attached hydrogen (secondary N) is 1. The maximum atomic E-state index is 10.1. The number of nitrogens with two attached hydrogens (primary N) is 1. The third-order valence-electron chi connectivity index (χ3n) is 1.53. The van der Waals surface area contributed by atoms with Gasteiger partial charge in [-0.15, -0.1) is 0 Å². The summed E-state index contributed by atoms with van der Waals surface area (Å²) in [4.78, 5) is 19.4. The van der Waals surface area contributed by atoms with Gasteiger partial charge >= 0.3 is 11.9 Å². The minimum Gasteiger partial charge on any atom is -0.480 e. The summed E-state index contributed by atoms with van der Waals surface area (Å²) in [6.07, 6.45) is 1.78. The highest BCUT2D eigenvalue weighted by atomic mass is 16.4. The lowest BCUT2D eigenvalue weighted by atomic mass is 10.2. The van der Waals surface area contributed by atoms with Crippen LogP contribution >= 0.6 is 0 Å². The molecule has 6 heteroatoms. The van der Waals surface area contributed by atoms with Crippen molar-refractivity contribution in [3.8, 4) is 0 Å². The smallest absolute Gasteiger partial charge is 0.320 e. The lowest BCUT2D eigenvalue weighted by Gasteiger charge is -1.99. The first-order valence-electron chi connectivity index (χ1n) is 3.96. The average Bonchev–Trinajstić information content (AvgIpc) is 2.57. The molecule has 1 saturated heterocycles. The summed E-state index contributed by atoms with van der Waals surface area (Å²) in [6.45, 7) is 0.580. The second-order valence-electron chi connectivity index (χ2n) is 2.59. The molecule has 0 bridgehead atoms. The van der Waals surface area contributed by atoms with Crippen LogP contribution in [0.25, 0.3) is 0 Å². The average molecular weight is 190 g/mol. The standard InChI is InChI=1S/C5H9NO2.C2H5NO2/c7-5(8)4-2-1-3-6-4;3-1-2(4)5/h4,6H,1-3H2,(H,7,8);1,3H2,(H,4,5)/t4-;/m1./s1. The molecule has 1 atom stereocenters. The Morgan fingerprint density at radius 3 is 2.15 bits per heavy atom. The summed E-state index contributed by atoms with van der Waals surface area (Å²) in [6, 6.07) is -0.269. The molecule has 0 radical (unpaired) electrons. The Morgan fingerprint density at radius 1 is 1.46 bits per heavy atom. The van der Waals surface area contributed by atoms with Crippen LogP contribution in [0.5, 0.6) is 0 Å². The molecule has 0 aromatic carbocycles. The van der Waals surface area contributed by atoms with Crippen molar-refractivity contribution < 1.29 is 19.8 Å². The Balaban J connectivity index is 0.000000252. The first kappa shape index (κ1) is 11.9. The van der Waals surface area contributed by atoms with Crippen LogP contribution in [0.1, 0.15) is 12.8 Å². The molecule has 1 aliphatic heterocycles. The summed E-state index contributed by atoms with van der Waals surface area (Å²) in [7, 11) is 0. The third-order valence-corrected chi connectivity index (χ3v) is 1.53.